The molecule has 0 spiro atoms. The molecular formula is C68H84N14O10. The van der Waals surface area contributed by atoms with Gasteiger partial charge in [-0.2, -0.15) is 0 Å². The van der Waals surface area contributed by atoms with E-state index in [4.69, 9.17) is 24.5 Å². The summed E-state index contributed by atoms with van der Waals surface area (Å²) in [6.45, 7) is 21.8. The fraction of sp³-hybridized carbons (Fsp3) is 0.324. The maximum absolute atomic E-state index is 13.1. The number of para-hydroxylation sites is 2. The van der Waals surface area contributed by atoms with E-state index in [9.17, 15) is 28.8 Å². The first kappa shape index (κ1) is 70.6. The SMILES string of the molecule is C=CC(=O)Nc1cc(Nc2ncc(C(=O)OC(C)C)c(-c3cn(C)c4ccccc34)n2)c(C)cc1N(C)CCN(C)C.C=CC(=O)Nc1cc(Nc2ncc(C(=O)OC(C)C)c(-c3cn(C)c4ccccc34)n2)c(C)cc1N(C)CCN(C)C.O=COCCC(=O)O. The second kappa shape index (κ2) is 32.9. The first-order valence-corrected chi connectivity index (χ1v) is 29.7. The molecule has 2 amide bonds. The van der Waals surface area contributed by atoms with Gasteiger partial charge in [-0.15, -0.1) is 0 Å². The Kier molecular flexibility index (Phi) is 25.2. The molecule has 4 aromatic carbocycles. The number of aliphatic carboxylic acids is 1. The van der Waals surface area contributed by atoms with Crippen LogP contribution in [0.1, 0.15) is 66.0 Å². The van der Waals surface area contributed by atoms with Crippen molar-refractivity contribution in [3.8, 4) is 22.5 Å². The Bertz CT molecular complexity index is 3720. The number of fused-ring (bicyclic) bond motifs is 2. The van der Waals surface area contributed by atoms with Crippen molar-refractivity contribution < 1.29 is 48.1 Å². The maximum Gasteiger partial charge on any atom is 0.342 e. The highest BCUT2D eigenvalue weighted by molar-refractivity contribution is 6.06. The van der Waals surface area contributed by atoms with Gasteiger partial charge in [-0.3, -0.25) is 19.2 Å². The molecule has 8 aromatic rings. The zero-order valence-electron chi connectivity index (χ0n) is 54.9. The van der Waals surface area contributed by atoms with E-state index in [1.807, 2.05) is 165 Å². The maximum atomic E-state index is 13.1. The second-order valence-electron chi connectivity index (χ2n) is 22.7. The average molecular weight is 1260 g/mol. The monoisotopic (exact) mass is 1260 g/mol. The smallest absolute Gasteiger partial charge is 0.342 e. The summed E-state index contributed by atoms with van der Waals surface area (Å²) in [5.74, 6) is -1.96. The number of hydrogen-bond donors (Lipinski definition) is 5. The Balaban J connectivity index is 0.000000261. The van der Waals surface area contributed by atoms with Crippen LogP contribution in [0.15, 0.2) is 123 Å². The summed E-state index contributed by atoms with van der Waals surface area (Å²) >= 11 is 0. The Morgan fingerprint density at radius 2 is 0.989 bits per heavy atom. The number of nitrogens with one attached hydrogen (secondary N) is 4. The van der Waals surface area contributed by atoms with E-state index in [1.165, 1.54) is 24.5 Å². The summed E-state index contributed by atoms with van der Waals surface area (Å²) in [7, 11) is 16.0. The van der Waals surface area contributed by atoms with Crippen LogP contribution >= 0.6 is 0 Å². The van der Waals surface area contributed by atoms with E-state index in [0.29, 0.717) is 46.0 Å². The van der Waals surface area contributed by atoms with Crippen LogP contribution in [0.4, 0.5) is 46.0 Å². The van der Waals surface area contributed by atoms with Crippen LogP contribution in [0.2, 0.25) is 0 Å². The Morgan fingerprint density at radius 1 is 0.598 bits per heavy atom. The molecule has 92 heavy (non-hydrogen) atoms. The van der Waals surface area contributed by atoms with Crippen LogP contribution in [0, 0.1) is 13.8 Å². The first-order chi connectivity index (χ1) is 43.7. The van der Waals surface area contributed by atoms with Gasteiger partial charge in [0.05, 0.1) is 52.8 Å². The van der Waals surface area contributed by atoms with E-state index in [-0.39, 0.29) is 54.6 Å². The van der Waals surface area contributed by atoms with E-state index >= 15 is 0 Å². The molecule has 0 aliphatic rings. The molecule has 0 aliphatic heterocycles. The number of aryl methyl sites for hydroxylation is 4. The van der Waals surface area contributed by atoms with Crippen LogP contribution in [0.25, 0.3) is 44.3 Å². The molecule has 24 heteroatoms. The van der Waals surface area contributed by atoms with E-state index < -0.39 is 17.9 Å². The molecule has 0 radical (unpaired) electrons. The number of benzene rings is 4. The lowest BCUT2D eigenvalue weighted by Gasteiger charge is -2.25. The molecule has 0 fully saturated rings. The van der Waals surface area contributed by atoms with Crippen molar-refractivity contribution in [1.29, 1.82) is 0 Å². The predicted molar refractivity (Wildman–Crippen MR) is 363 cm³/mol. The van der Waals surface area contributed by atoms with Gasteiger partial charge in [-0.1, -0.05) is 49.6 Å². The molecule has 5 N–H and O–H groups in total. The molecule has 0 bridgehead atoms. The highest BCUT2D eigenvalue weighted by Gasteiger charge is 2.25. The minimum Gasteiger partial charge on any atom is -0.481 e. The zero-order chi connectivity index (χ0) is 67.5. The number of carbonyl (C=O) groups is 6. The number of likely N-dealkylation sites (N-methyl/N-ethyl adjacent to an activating group) is 4. The fourth-order valence-corrected chi connectivity index (χ4v) is 9.44. The van der Waals surface area contributed by atoms with Crippen molar-refractivity contribution in [3.63, 3.8) is 0 Å². The molecule has 24 nitrogen and oxygen atoms in total. The third-order valence-electron chi connectivity index (χ3n) is 14.2. The highest BCUT2D eigenvalue weighted by atomic mass is 16.5. The van der Waals surface area contributed by atoms with Crippen LogP contribution in [-0.4, -0.2) is 167 Å². The number of carboxylic acid groups (broad SMARTS) is 1. The van der Waals surface area contributed by atoms with Crippen LogP contribution in [0.5, 0.6) is 0 Å². The van der Waals surface area contributed by atoms with Gasteiger partial charge in [0.15, 0.2) is 0 Å². The molecule has 0 saturated heterocycles. The molecule has 486 valence electrons. The second-order valence-corrected chi connectivity index (χ2v) is 22.7. The number of aromatic nitrogens is 6. The number of amides is 2. The number of carbonyl (C=O) groups excluding carboxylic acids is 5. The number of anilines is 8. The lowest BCUT2D eigenvalue weighted by atomic mass is 10.1. The molecule has 0 unspecified atom stereocenters. The van der Waals surface area contributed by atoms with Gasteiger partial charge in [-0.05, 0) is 129 Å². The highest BCUT2D eigenvalue weighted by Crippen LogP contribution is 2.38. The van der Waals surface area contributed by atoms with Gasteiger partial charge in [-0.25, -0.2) is 29.5 Å². The standard InChI is InChI=1S/2C32H39N7O3.C4H6O4/c2*1-9-29(40)34-26-17-25(21(4)16-28(26)38(7)15-14-37(5)6)35-32-33-18-23(31(41)42-20(2)3)30(36-32)24-19-39(8)27-13-11-10-12-22(24)27;5-3-8-2-1-4(6)7/h2*9-13,16-20H,1,14-15H2,2-8H3,(H,34,40)(H,33,35,36);3H,1-2H2,(H,6,7). The number of rotatable bonds is 26. The van der Waals surface area contributed by atoms with Crippen molar-refractivity contribution in [1.82, 2.24) is 38.9 Å². The van der Waals surface area contributed by atoms with Gasteiger partial charge in [0, 0.05) is 123 Å². The van der Waals surface area contributed by atoms with Crippen molar-refractivity contribution in [2.45, 2.75) is 60.2 Å². The van der Waals surface area contributed by atoms with Crippen molar-refractivity contribution in [2.75, 3.05) is 106 Å². The first-order valence-electron chi connectivity index (χ1n) is 29.7. The van der Waals surface area contributed by atoms with Crippen LogP contribution < -0.4 is 31.1 Å². The summed E-state index contributed by atoms with van der Waals surface area (Å²) in [4.78, 5) is 96.9. The fourth-order valence-electron chi connectivity index (χ4n) is 9.44. The zero-order valence-corrected chi connectivity index (χ0v) is 54.9. The summed E-state index contributed by atoms with van der Waals surface area (Å²) in [5.41, 5.74) is 11.4. The molecule has 0 saturated carbocycles. The molecule has 0 aliphatic carbocycles. The minimum atomic E-state index is -0.966. The summed E-state index contributed by atoms with van der Waals surface area (Å²) in [6, 6.07) is 23.6. The van der Waals surface area contributed by atoms with Gasteiger partial charge in [0.25, 0.3) is 6.47 Å². The van der Waals surface area contributed by atoms with E-state index in [2.05, 4.69) is 68.7 Å². The summed E-state index contributed by atoms with van der Waals surface area (Å²) < 4.78 is 19.1. The summed E-state index contributed by atoms with van der Waals surface area (Å²) in [6.07, 6.45) is 8.67. The normalized spacial score (nSPS) is 10.9. The third kappa shape index (κ3) is 19.0. The average Bonchev–Trinajstić information content (AvgIpc) is 1.57. The number of carboxylic acids is 1. The topological polar surface area (TPSA) is 273 Å². The third-order valence-corrected chi connectivity index (χ3v) is 14.2. The van der Waals surface area contributed by atoms with Gasteiger partial charge in [0.1, 0.15) is 17.7 Å². The molecule has 4 heterocycles. The summed E-state index contributed by atoms with van der Waals surface area (Å²) in [5, 5.41) is 22.3. The molecule has 4 aromatic heterocycles. The minimum absolute atomic E-state index is 0.0428. The predicted octanol–water partition coefficient (Wildman–Crippen LogP) is 10.4. The Hall–Kier alpha value is -10.5. The van der Waals surface area contributed by atoms with Crippen LogP contribution in [0.3, 0.4) is 0 Å². The number of nitrogens with zero attached hydrogens (tertiary/aromatic N) is 10. The van der Waals surface area contributed by atoms with Gasteiger partial charge < -0.3 is 69.3 Å². The van der Waals surface area contributed by atoms with Crippen molar-refractivity contribution >= 4 is 104 Å². The Labute approximate surface area is 536 Å². The number of ether oxygens (including phenoxy) is 3. The quantitative estimate of drug-likeness (QED) is 0.0111. The lowest BCUT2D eigenvalue weighted by molar-refractivity contribution is -0.139. The van der Waals surface area contributed by atoms with E-state index in [1.54, 1.807) is 27.7 Å². The van der Waals surface area contributed by atoms with Crippen LogP contribution in [-0.2, 0) is 47.5 Å². The molecule has 0 atom stereocenters. The van der Waals surface area contributed by atoms with Crippen molar-refractivity contribution in [3.05, 3.63) is 145 Å². The molecule has 8 rings (SSSR count). The van der Waals surface area contributed by atoms with E-state index in [0.717, 1.165) is 81.6 Å². The Morgan fingerprint density at radius 3 is 1.34 bits per heavy atom. The van der Waals surface area contributed by atoms with Gasteiger partial charge >= 0.3 is 17.9 Å². The van der Waals surface area contributed by atoms with Gasteiger partial charge in [0.2, 0.25) is 23.7 Å². The largest absolute Gasteiger partial charge is 0.481 e. The molecular weight excluding hydrogens is 1170 g/mol. The lowest BCUT2D eigenvalue weighted by Crippen LogP contribution is -2.29. The van der Waals surface area contributed by atoms with Crippen molar-refractivity contribution in [2.24, 2.45) is 14.1 Å². The number of esters is 2. The number of hydrogen-bond acceptors (Lipinski definition) is 19.